The maximum Gasteiger partial charge on any atom is 0.245 e. The van der Waals surface area contributed by atoms with E-state index >= 15 is 0 Å². The highest BCUT2D eigenvalue weighted by Crippen LogP contribution is 2.30. The normalized spacial score (nSPS) is 26.6. The van der Waals surface area contributed by atoms with E-state index in [1.807, 2.05) is 26.6 Å². The summed E-state index contributed by atoms with van der Waals surface area (Å²) in [5.74, 6) is 0.618. The predicted octanol–water partition coefficient (Wildman–Crippen LogP) is 2.08. The van der Waals surface area contributed by atoms with Crippen LogP contribution in [0.2, 0.25) is 0 Å². The number of amides is 2. The average molecular weight is 364 g/mol. The number of carbonyl (C=O) groups excluding carboxylic acids is 2. The molecule has 1 aromatic rings. The van der Waals surface area contributed by atoms with Crippen LogP contribution in [0.3, 0.4) is 0 Å². The van der Waals surface area contributed by atoms with E-state index in [4.69, 9.17) is 0 Å². The van der Waals surface area contributed by atoms with Crippen LogP contribution >= 0.6 is 11.3 Å². The highest BCUT2D eigenvalue weighted by atomic mass is 32.1. The van der Waals surface area contributed by atoms with Gasteiger partial charge in [-0.05, 0) is 55.2 Å². The number of carbonyl (C=O) groups is 2. The van der Waals surface area contributed by atoms with Crippen LogP contribution in [0.4, 0.5) is 0 Å². The van der Waals surface area contributed by atoms with Gasteiger partial charge in [0.2, 0.25) is 11.8 Å². The Labute approximate surface area is 154 Å². The summed E-state index contributed by atoms with van der Waals surface area (Å²) in [5, 5.41) is 4.01. The van der Waals surface area contributed by atoms with Gasteiger partial charge in [-0.3, -0.25) is 9.59 Å². The Hall–Kier alpha value is -1.40. The van der Waals surface area contributed by atoms with E-state index in [0.717, 1.165) is 24.9 Å². The molecular formula is C19H29N3O2S. The Morgan fingerprint density at radius 3 is 2.72 bits per heavy atom. The number of hydrogen-bond donors (Lipinski definition) is 0. The molecule has 0 N–H and O–H groups in total. The summed E-state index contributed by atoms with van der Waals surface area (Å²) < 4.78 is 0. The second-order valence-electron chi connectivity index (χ2n) is 8.00. The number of hydrogen-bond acceptors (Lipinski definition) is 4. The zero-order chi connectivity index (χ0) is 18.1. The summed E-state index contributed by atoms with van der Waals surface area (Å²) in [6.45, 7) is 5.70. The minimum Gasteiger partial charge on any atom is -0.335 e. The third-order valence-electron chi connectivity index (χ3n) is 5.42. The lowest BCUT2D eigenvalue weighted by molar-refractivity contribution is -0.154. The smallest absolute Gasteiger partial charge is 0.245 e. The van der Waals surface area contributed by atoms with Crippen molar-refractivity contribution < 1.29 is 9.59 Å². The van der Waals surface area contributed by atoms with E-state index in [9.17, 15) is 9.59 Å². The fourth-order valence-corrected chi connectivity index (χ4v) is 4.68. The fourth-order valence-electron chi connectivity index (χ4n) is 4.01. The van der Waals surface area contributed by atoms with Gasteiger partial charge in [0.1, 0.15) is 6.04 Å². The van der Waals surface area contributed by atoms with Crippen LogP contribution < -0.4 is 0 Å². The molecule has 0 aromatic carbocycles. The summed E-state index contributed by atoms with van der Waals surface area (Å²) in [4.78, 5) is 32.2. The number of nitrogens with zero attached hydrogens (tertiary/aromatic N) is 3. The van der Waals surface area contributed by atoms with Crippen molar-refractivity contribution in [3.05, 3.63) is 22.4 Å². The molecule has 2 saturated heterocycles. The maximum absolute atomic E-state index is 13.1. The van der Waals surface area contributed by atoms with Gasteiger partial charge in [0.25, 0.3) is 0 Å². The standard InChI is InChI=1S/C19H29N3O2S/c1-13(2)7-17-19(24)21-10-15(20(3)4)9-16(21)11-22(17)18(23)8-14-5-6-25-12-14/h5-6,12-13,15-17H,7-11H2,1-4H3/t15-,16-,17-/m0/s1. The molecule has 0 aliphatic carbocycles. The number of thiophene rings is 1. The van der Waals surface area contributed by atoms with Crippen molar-refractivity contribution in [2.75, 3.05) is 27.2 Å². The molecule has 0 radical (unpaired) electrons. The molecule has 2 aliphatic heterocycles. The van der Waals surface area contributed by atoms with Gasteiger partial charge in [-0.25, -0.2) is 0 Å². The van der Waals surface area contributed by atoms with E-state index < -0.39 is 0 Å². The first kappa shape index (κ1) is 18.4. The second-order valence-corrected chi connectivity index (χ2v) is 8.78. The molecule has 0 saturated carbocycles. The van der Waals surface area contributed by atoms with E-state index in [1.165, 1.54) is 0 Å². The number of likely N-dealkylation sites (N-methyl/N-ethyl adjacent to an activating group) is 1. The van der Waals surface area contributed by atoms with E-state index in [-0.39, 0.29) is 23.9 Å². The molecule has 2 aliphatic rings. The van der Waals surface area contributed by atoms with Crippen molar-refractivity contribution >= 4 is 23.2 Å². The molecule has 3 heterocycles. The van der Waals surface area contributed by atoms with Gasteiger partial charge in [0.05, 0.1) is 12.5 Å². The van der Waals surface area contributed by atoms with Crippen molar-refractivity contribution in [1.82, 2.24) is 14.7 Å². The lowest BCUT2D eigenvalue weighted by atomic mass is 9.96. The Balaban J connectivity index is 1.79. The first-order valence-corrected chi connectivity index (χ1v) is 10.1. The van der Waals surface area contributed by atoms with Gasteiger partial charge in [-0.15, -0.1) is 0 Å². The lowest BCUT2D eigenvalue weighted by Gasteiger charge is -2.43. The quantitative estimate of drug-likeness (QED) is 0.804. The molecule has 2 fully saturated rings. The van der Waals surface area contributed by atoms with Crippen molar-refractivity contribution in [1.29, 1.82) is 0 Å². The fraction of sp³-hybridized carbons (Fsp3) is 0.684. The van der Waals surface area contributed by atoms with Gasteiger partial charge in [0, 0.05) is 19.1 Å². The Bertz CT molecular complexity index is 614. The molecule has 0 unspecified atom stereocenters. The van der Waals surface area contributed by atoms with Gasteiger partial charge >= 0.3 is 0 Å². The summed E-state index contributed by atoms with van der Waals surface area (Å²) in [6, 6.07) is 2.24. The lowest BCUT2D eigenvalue weighted by Crippen LogP contribution is -2.61. The molecule has 0 spiro atoms. The predicted molar refractivity (Wildman–Crippen MR) is 101 cm³/mol. The van der Waals surface area contributed by atoms with Crippen LogP contribution in [0.25, 0.3) is 0 Å². The zero-order valence-electron chi connectivity index (χ0n) is 15.6. The molecule has 6 heteroatoms. The first-order valence-electron chi connectivity index (χ1n) is 9.14. The monoisotopic (exact) mass is 363 g/mol. The summed E-state index contributed by atoms with van der Waals surface area (Å²) in [7, 11) is 4.14. The third kappa shape index (κ3) is 3.90. The number of fused-ring (bicyclic) bond motifs is 1. The minimum atomic E-state index is -0.303. The molecular weight excluding hydrogens is 334 g/mol. The van der Waals surface area contributed by atoms with E-state index in [1.54, 1.807) is 11.3 Å². The molecule has 5 nitrogen and oxygen atoms in total. The van der Waals surface area contributed by atoms with Crippen molar-refractivity contribution in [2.45, 2.75) is 51.2 Å². The molecule has 25 heavy (non-hydrogen) atoms. The van der Waals surface area contributed by atoms with Crippen LogP contribution in [-0.2, 0) is 16.0 Å². The number of piperazine rings is 1. The van der Waals surface area contributed by atoms with Gasteiger partial charge in [0.15, 0.2) is 0 Å². The molecule has 3 rings (SSSR count). The highest BCUT2D eigenvalue weighted by molar-refractivity contribution is 7.08. The first-order chi connectivity index (χ1) is 11.9. The molecule has 2 amide bonds. The second kappa shape index (κ2) is 7.46. The average Bonchev–Trinajstić information content (AvgIpc) is 3.18. The van der Waals surface area contributed by atoms with Crippen LogP contribution in [0.15, 0.2) is 16.8 Å². The molecule has 1 aromatic heterocycles. The topological polar surface area (TPSA) is 43.9 Å². The zero-order valence-corrected chi connectivity index (χ0v) is 16.5. The van der Waals surface area contributed by atoms with Crippen LogP contribution in [-0.4, -0.2) is 71.8 Å². The largest absolute Gasteiger partial charge is 0.335 e. The highest BCUT2D eigenvalue weighted by Gasteiger charge is 2.47. The van der Waals surface area contributed by atoms with Gasteiger partial charge < -0.3 is 14.7 Å². The summed E-state index contributed by atoms with van der Waals surface area (Å²) in [6.07, 6.45) is 2.09. The Kier molecular flexibility index (Phi) is 5.49. The number of rotatable bonds is 5. The Morgan fingerprint density at radius 1 is 1.36 bits per heavy atom. The van der Waals surface area contributed by atoms with Crippen LogP contribution in [0, 0.1) is 5.92 Å². The van der Waals surface area contributed by atoms with E-state index in [2.05, 4.69) is 32.8 Å². The van der Waals surface area contributed by atoms with Crippen LogP contribution in [0.1, 0.15) is 32.3 Å². The van der Waals surface area contributed by atoms with Gasteiger partial charge in [-0.1, -0.05) is 13.8 Å². The van der Waals surface area contributed by atoms with Crippen molar-refractivity contribution in [3.8, 4) is 0 Å². The summed E-state index contributed by atoms with van der Waals surface area (Å²) >= 11 is 1.61. The van der Waals surface area contributed by atoms with Gasteiger partial charge in [-0.2, -0.15) is 11.3 Å². The molecule has 0 bridgehead atoms. The van der Waals surface area contributed by atoms with Crippen molar-refractivity contribution in [2.24, 2.45) is 5.92 Å². The molecule has 138 valence electrons. The third-order valence-corrected chi connectivity index (χ3v) is 6.16. The summed E-state index contributed by atoms with van der Waals surface area (Å²) in [5.41, 5.74) is 1.05. The SMILES string of the molecule is CC(C)C[C@H]1C(=O)N2C[C@@H](N(C)C)C[C@H]2CN1C(=O)Cc1ccsc1. The van der Waals surface area contributed by atoms with Crippen LogP contribution in [0.5, 0.6) is 0 Å². The van der Waals surface area contributed by atoms with Crippen molar-refractivity contribution in [3.63, 3.8) is 0 Å². The molecule has 3 atom stereocenters. The maximum atomic E-state index is 13.1. The van der Waals surface area contributed by atoms with E-state index in [0.29, 0.717) is 24.9 Å². The Morgan fingerprint density at radius 2 is 2.12 bits per heavy atom. The minimum absolute atomic E-state index is 0.0883.